The zero-order valence-electron chi connectivity index (χ0n) is 18.3. The number of nitrogens with one attached hydrogen (secondary N) is 2. The molecule has 2 aromatic rings. The summed E-state index contributed by atoms with van der Waals surface area (Å²) in [4.78, 5) is 5.27. The van der Waals surface area contributed by atoms with Crippen molar-refractivity contribution in [3.05, 3.63) is 70.2 Å². The van der Waals surface area contributed by atoms with Crippen LogP contribution in [0.15, 0.2) is 48.5 Å². The average molecular weight is 427 g/mol. The fourth-order valence-corrected chi connectivity index (χ4v) is 5.24. The van der Waals surface area contributed by atoms with Gasteiger partial charge in [-0.1, -0.05) is 61.8 Å². The lowest BCUT2D eigenvalue weighted by atomic mass is 9.90. The maximum Gasteiger partial charge on any atom is 0.100 e. The first kappa shape index (κ1) is 21.8. The van der Waals surface area contributed by atoms with Gasteiger partial charge in [0.1, 0.15) is 6.17 Å². The molecule has 2 atom stereocenters. The van der Waals surface area contributed by atoms with Gasteiger partial charge in [-0.2, -0.15) is 0 Å². The molecule has 0 amide bonds. The molecule has 2 aromatic carbocycles. The maximum atomic E-state index is 5.99. The minimum absolute atomic E-state index is 0.331. The van der Waals surface area contributed by atoms with Crippen molar-refractivity contribution in [1.82, 2.24) is 20.7 Å². The van der Waals surface area contributed by atoms with Gasteiger partial charge in [-0.3, -0.25) is 4.90 Å². The van der Waals surface area contributed by atoms with Crippen molar-refractivity contribution < 1.29 is 0 Å². The molecule has 0 aromatic heterocycles. The van der Waals surface area contributed by atoms with Crippen LogP contribution in [0.25, 0.3) is 0 Å². The first-order chi connectivity index (χ1) is 14.8. The van der Waals surface area contributed by atoms with Gasteiger partial charge in [-0.25, -0.2) is 10.9 Å². The third-order valence-electron chi connectivity index (χ3n) is 6.75. The number of hydrogen-bond acceptors (Lipinski definition) is 4. The van der Waals surface area contributed by atoms with Gasteiger partial charge in [0, 0.05) is 18.1 Å². The van der Waals surface area contributed by atoms with E-state index in [2.05, 4.69) is 57.0 Å². The third kappa shape index (κ3) is 4.74. The Bertz CT molecular complexity index is 801. The van der Waals surface area contributed by atoms with Crippen molar-refractivity contribution in [3.8, 4) is 0 Å². The van der Waals surface area contributed by atoms with Crippen molar-refractivity contribution in [1.29, 1.82) is 0 Å². The molecule has 2 saturated heterocycles. The third-order valence-corrected chi connectivity index (χ3v) is 7.01. The Labute approximate surface area is 186 Å². The fourth-order valence-electron chi connectivity index (χ4n) is 5.11. The second-order valence-corrected chi connectivity index (χ2v) is 8.81. The van der Waals surface area contributed by atoms with Gasteiger partial charge in [0.05, 0.1) is 6.17 Å². The molecular formula is C25H35ClN4. The molecule has 3 aliphatic rings. The van der Waals surface area contributed by atoms with Crippen LogP contribution in [0.1, 0.15) is 49.5 Å². The minimum atomic E-state index is 0.331. The van der Waals surface area contributed by atoms with Crippen LogP contribution in [0.5, 0.6) is 0 Å². The Morgan fingerprint density at radius 1 is 0.933 bits per heavy atom. The lowest BCUT2D eigenvalue weighted by Crippen LogP contribution is -2.49. The van der Waals surface area contributed by atoms with E-state index in [0.717, 1.165) is 36.9 Å². The number of hydrogen-bond donors (Lipinski definition) is 2. The van der Waals surface area contributed by atoms with E-state index in [4.69, 9.17) is 11.6 Å². The summed E-state index contributed by atoms with van der Waals surface area (Å²) < 4.78 is 0. The van der Waals surface area contributed by atoms with Crippen LogP contribution in [0.3, 0.4) is 0 Å². The molecule has 0 spiro atoms. The van der Waals surface area contributed by atoms with E-state index in [-0.39, 0.29) is 0 Å². The number of fused-ring (bicyclic) bond motifs is 3. The number of piperidine rings is 1. The van der Waals surface area contributed by atoms with E-state index in [1.165, 1.54) is 42.6 Å². The molecule has 3 aliphatic heterocycles. The highest BCUT2D eigenvalue weighted by Crippen LogP contribution is 2.35. The van der Waals surface area contributed by atoms with Gasteiger partial charge < -0.3 is 4.90 Å². The highest BCUT2D eigenvalue weighted by Gasteiger charge is 2.41. The van der Waals surface area contributed by atoms with Crippen molar-refractivity contribution in [2.24, 2.45) is 5.92 Å². The highest BCUT2D eigenvalue weighted by molar-refractivity contribution is 6.30. The van der Waals surface area contributed by atoms with Crippen LogP contribution in [0.2, 0.25) is 5.02 Å². The molecule has 0 aliphatic carbocycles. The molecule has 162 valence electrons. The summed E-state index contributed by atoms with van der Waals surface area (Å²) in [6, 6.07) is 17.2. The lowest BCUT2D eigenvalue weighted by Gasteiger charge is -2.40. The zero-order valence-corrected chi connectivity index (χ0v) is 19.0. The van der Waals surface area contributed by atoms with E-state index in [1.807, 2.05) is 26.0 Å². The van der Waals surface area contributed by atoms with Crippen molar-refractivity contribution in [2.45, 2.75) is 51.9 Å². The topological polar surface area (TPSA) is 30.5 Å². The first-order valence-electron chi connectivity index (χ1n) is 11.6. The number of hydrazine groups is 1. The van der Waals surface area contributed by atoms with Crippen LogP contribution in [0.4, 0.5) is 0 Å². The van der Waals surface area contributed by atoms with E-state index in [1.54, 1.807) is 0 Å². The summed E-state index contributed by atoms with van der Waals surface area (Å²) in [5.41, 5.74) is 11.5. The van der Waals surface area contributed by atoms with Gasteiger partial charge in [-0.05, 0) is 73.5 Å². The van der Waals surface area contributed by atoms with Gasteiger partial charge in [0.15, 0.2) is 0 Å². The van der Waals surface area contributed by atoms with Gasteiger partial charge in [-0.15, -0.1) is 0 Å². The van der Waals surface area contributed by atoms with Gasteiger partial charge in [0.2, 0.25) is 0 Å². The largest absolute Gasteiger partial charge is 0.303 e. The summed E-state index contributed by atoms with van der Waals surface area (Å²) in [5.74, 6) is 0.717. The van der Waals surface area contributed by atoms with Gasteiger partial charge in [0.25, 0.3) is 0 Å². The highest BCUT2D eigenvalue weighted by atomic mass is 35.5. The normalized spacial score (nSPS) is 24.6. The van der Waals surface area contributed by atoms with Crippen molar-refractivity contribution >= 4 is 11.6 Å². The summed E-state index contributed by atoms with van der Waals surface area (Å²) in [6.07, 6.45) is 5.59. The molecule has 2 unspecified atom stereocenters. The van der Waals surface area contributed by atoms with Crippen LogP contribution in [-0.4, -0.2) is 42.1 Å². The van der Waals surface area contributed by atoms with E-state index in [0.29, 0.717) is 12.3 Å². The fraction of sp³-hybridized carbons (Fsp3) is 0.520. The number of likely N-dealkylation sites (tertiary alicyclic amines) is 1. The minimum Gasteiger partial charge on any atom is -0.303 e. The average Bonchev–Trinajstić information content (AvgIpc) is 3.25. The second kappa shape index (κ2) is 10.3. The van der Waals surface area contributed by atoms with E-state index >= 15 is 0 Å². The number of rotatable bonds is 4. The molecule has 5 rings (SSSR count). The van der Waals surface area contributed by atoms with Crippen LogP contribution in [0, 0.1) is 5.92 Å². The molecule has 4 nitrogen and oxygen atoms in total. The standard InChI is InChI=1S/C23H29ClN4.C2H6/c24-20-7-5-17(6-8-20)9-13-27-14-10-19(11-15-27)22-25-26-23-21-4-2-1-3-18(21)12-16-28(22)23;1-2/h1-8,19,22-23,25-26H,9-16H2;1-2H3. The second-order valence-electron chi connectivity index (χ2n) is 8.38. The smallest absolute Gasteiger partial charge is 0.100 e. The summed E-state index contributed by atoms with van der Waals surface area (Å²) in [7, 11) is 0. The van der Waals surface area contributed by atoms with E-state index < -0.39 is 0 Å². The Balaban J connectivity index is 0.00000106. The van der Waals surface area contributed by atoms with E-state index in [9.17, 15) is 0 Å². The first-order valence-corrected chi connectivity index (χ1v) is 12.0. The molecule has 30 heavy (non-hydrogen) atoms. The molecule has 0 saturated carbocycles. The molecule has 5 heteroatoms. The number of nitrogens with zero attached hydrogens (tertiary/aromatic N) is 2. The quantitative estimate of drug-likeness (QED) is 0.747. The number of benzene rings is 2. The Hall–Kier alpha value is -1.43. The maximum absolute atomic E-state index is 5.99. The predicted molar refractivity (Wildman–Crippen MR) is 125 cm³/mol. The summed E-state index contributed by atoms with van der Waals surface area (Å²) >= 11 is 5.99. The molecule has 3 heterocycles. The Morgan fingerprint density at radius 3 is 2.43 bits per heavy atom. The Kier molecular flexibility index (Phi) is 7.45. The van der Waals surface area contributed by atoms with Crippen LogP contribution >= 0.6 is 11.6 Å². The molecule has 2 N–H and O–H groups in total. The van der Waals surface area contributed by atoms with Crippen LogP contribution in [-0.2, 0) is 12.8 Å². The molecule has 0 bridgehead atoms. The van der Waals surface area contributed by atoms with Crippen molar-refractivity contribution in [3.63, 3.8) is 0 Å². The number of halogens is 1. The molecular weight excluding hydrogens is 392 g/mol. The monoisotopic (exact) mass is 426 g/mol. The van der Waals surface area contributed by atoms with Gasteiger partial charge >= 0.3 is 0 Å². The predicted octanol–water partition coefficient (Wildman–Crippen LogP) is 4.61. The van der Waals surface area contributed by atoms with Crippen molar-refractivity contribution in [2.75, 3.05) is 26.2 Å². The zero-order chi connectivity index (χ0) is 20.9. The summed E-state index contributed by atoms with van der Waals surface area (Å²) in [5, 5.41) is 0.820. The summed E-state index contributed by atoms with van der Waals surface area (Å²) in [6.45, 7) is 8.69. The van der Waals surface area contributed by atoms with Crippen LogP contribution < -0.4 is 10.9 Å². The Morgan fingerprint density at radius 2 is 1.67 bits per heavy atom. The SMILES string of the molecule is CC.Clc1ccc(CCN2CCC(C3NNC4c5ccccc5CCN43)CC2)cc1. The molecule has 2 fully saturated rings. The lowest BCUT2D eigenvalue weighted by molar-refractivity contribution is 0.0817. The molecule has 0 radical (unpaired) electrons.